The Hall–Kier alpha value is -3.84. The zero-order valence-electron chi connectivity index (χ0n) is 19.7. The van der Waals surface area contributed by atoms with Crippen molar-refractivity contribution in [2.45, 2.75) is 0 Å². The highest BCUT2D eigenvalue weighted by Gasteiger charge is 2.24. The molecule has 0 radical (unpaired) electrons. The molecule has 1 heterocycles. The summed E-state index contributed by atoms with van der Waals surface area (Å²) in [5.74, 6) is 0. The summed E-state index contributed by atoms with van der Waals surface area (Å²) >= 11 is 6.51. The van der Waals surface area contributed by atoms with Crippen molar-refractivity contribution in [2.24, 2.45) is 0 Å². The molecule has 1 nitrogen and oxygen atoms in total. The maximum atomic E-state index is 6.51. The van der Waals surface area contributed by atoms with Crippen molar-refractivity contribution in [3.8, 4) is 22.4 Å². The predicted molar refractivity (Wildman–Crippen MR) is 159 cm³/mol. The van der Waals surface area contributed by atoms with Gasteiger partial charge in [-0.2, -0.15) is 0 Å². The standard InChI is InChI=1S/C33H24NPS/c36-35(27-14-6-2-7-15-27,28-16-8-3-9-17-28)29-22-20-25(21-23-29)32-24-34-33(26-12-4-1-5-13-26)31-19-11-10-18-30(31)32/h1-24H. The number of nitrogens with zero attached hydrogens (tertiary/aromatic N) is 1. The van der Waals surface area contributed by atoms with Crippen molar-refractivity contribution in [3.63, 3.8) is 0 Å². The van der Waals surface area contributed by atoms with E-state index in [2.05, 4.69) is 133 Å². The summed E-state index contributed by atoms with van der Waals surface area (Å²) in [6, 6.07) is 46.7. The summed E-state index contributed by atoms with van der Waals surface area (Å²) in [6.07, 6.45) is 2.00. The molecule has 0 bridgehead atoms. The van der Waals surface area contributed by atoms with E-state index in [1.54, 1.807) is 0 Å². The van der Waals surface area contributed by atoms with E-state index in [1.165, 1.54) is 21.3 Å². The molecule has 172 valence electrons. The van der Waals surface area contributed by atoms with Gasteiger partial charge in [-0.1, -0.05) is 151 Å². The molecular weight excluding hydrogens is 473 g/mol. The maximum Gasteiger partial charge on any atom is 0.0780 e. The first-order valence-electron chi connectivity index (χ1n) is 12.0. The van der Waals surface area contributed by atoms with Crippen molar-refractivity contribution in [3.05, 3.63) is 146 Å². The fourth-order valence-electron chi connectivity index (χ4n) is 4.82. The number of aromatic nitrogens is 1. The lowest BCUT2D eigenvalue weighted by molar-refractivity contribution is 1.36. The summed E-state index contributed by atoms with van der Waals surface area (Å²) in [5.41, 5.74) is 4.41. The molecule has 0 fully saturated rings. The first kappa shape index (κ1) is 22.6. The highest BCUT2D eigenvalue weighted by atomic mass is 32.4. The van der Waals surface area contributed by atoms with Crippen LogP contribution in [0.1, 0.15) is 0 Å². The Morgan fingerprint density at radius 2 is 0.917 bits per heavy atom. The van der Waals surface area contributed by atoms with Gasteiger partial charge in [0.2, 0.25) is 0 Å². The molecule has 36 heavy (non-hydrogen) atoms. The van der Waals surface area contributed by atoms with Crippen LogP contribution in [0.3, 0.4) is 0 Å². The normalized spacial score (nSPS) is 11.4. The zero-order chi connectivity index (χ0) is 24.4. The lowest BCUT2D eigenvalue weighted by Gasteiger charge is -2.24. The third kappa shape index (κ3) is 3.99. The van der Waals surface area contributed by atoms with Gasteiger partial charge in [-0.15, -0.1) is 0 Å². The Morgan fingerprint density at radius 1 is 0.444 bits per heavy atom. The van der Waals surface area contributed by atoms with E-state index in [0.29, 0.717) is 0 Å². The molecule has 0 amide bonds. The molecule has 0 aliphatic carbocycles. The van der Waals surface area contributed by atoms with E-state index >= 15 is 0 Å². The Labute approximate surface area is 217 Å². The molecule has 0 aliphatic rings. The van der Waals surface area contributed by atoms with Crippen molar-refractivity contribution < 1.29 is 0 Å². The van der Waals surface area contributed by atoms with Crippen LogP contribution in [0.2, 0.25) is 0 Å². The SMILES string of the molecule is S=P(c1ccccc1)(c1ccccc1)c1ccc(-c2cnc(-c3ccccc3)c3ccccc23)cc1. The number of hydrogen-bond acceptors (Lipinski definition) is 2. The summed E-state index contributed by atoms with van der Waals surface area (Å²) in [5, 5.41) is 5.96. The first-order chi connectivity index (χ1) is 17.7. The van der Waals surface area contributed by atoms with E-state index < -0.39 is 6.04 Å². The zero-order valence-corrected chi connectivity index (χ0v) is 21.4. The van der Waals surface area contributed by atoms with Gasteiger partial charge in [-0.05, 0) is 26.9 Å². The number of fused-ring (bicyclic) bond motifs is 1. The summed E-state index contributed by atoms with van der Waals surface area (Å²) in [6.45, 7) is 0. The quantitative estimate of drug-likeness (QED) is 0.231. The minimum Gasteiger partial charge on any atom is -0.255 e. The monoisotopic (exact) mass is 497 g/mol. The van der Waals surface area contributed by atoms with Crippen LogP contribution in [0, 0.1) is 0 Å². The van der Waals surface area contributed by atoms with Crippen LogP contribution in [0.4, 0.5) is 0 Å². The Bertz CT molecular complexity index is 1640. The minimum atomic E-state index is -2.17. The average molecular weight is 498 g/mol. The van der Waals surface area contributed by atoms with Gasteiger partial charge < -0.3 is 0 Å². The van der Waals surface area contributed by atoms with Gasteiger partial charge in [0.1, 0.15) is 0 Å². The molecular formula is C33H24NPS. The minimum absolute atomic E-state index is 1.01. The Kier molecular flexibility index (Phi) is 6.07. The molecule has 0 N–H and O–H groups in total. The number of pyridine rings is 1. The summed E-state index contributed by atoms with van der Waals surface area (Å²) < 4.78 is 0. The number of benzene rings is 5. The van der Waals surface area contributed by atoms with Gasteiger partial charge in [-0.25, -0.2) is 0 Å². The second-order valence-corrected chi connectivity index (χ2v) is 13.2. The van der Waals surface area contributed by atoms with Crippen LogP contribution in [0.5, 0.6) is 0 Å². The molecule has 0 atom stereocenters. The van der Waals surface area contributed by atoms with Gasteiger partial charge in [0, 0.05) is 28.7 Å². The Balaban J connectivity index is 1.47. The van der Waals surface area contributed by atoms with E-state index in [1.807, 2.05) is 12.3 Å². The Morgan fingerprint density at radius 3 is 1.50 bits per heavy atom. The highest BCUT2D eigenvalue weighted by Crippen LogP contribution is 2.43. The van der Waals surface area contributed by atoms with Crippen molar-refractivity contribution >= 4 is 44.5 Å². The van der Waals surface area contributed by atoms with Crippen LogP contribution < -0.4 is 15.9 Å². The fraction of sp³-hybridized carbons (Fsp3) is 0. The van der Waals surface area contributed by atoms with Crippen molar-refractivity contribution in [1.82, 2.24) is 4.98 Å². The maximum absolute atomic E-state index is 6.51. The first-order valence-corrected chi connectivity index (χ1v) is 14.8. The van der Waals surface area contributed by atoms with Gasteiger partial charge in [0.25, 0.3) is 0 Å². The highest BCUT2D eigenvalue weighted by molar-refractivity contribution is 8.25. The van der Waals surface area contributed by atoms with Crippen LogP contribution in [-0.2, 0) is 11.8 Å². The van der Waals surface area contributed by atoms with Crippen LogP contribution in [-0.4, -0.2) is 4.98 Å². The van der Waals surface area contributed by atoms with Crippen LogP contribution in [0.25, 0.3) is 33.2 Å². The number of rotatable bonds is 5. The summed E-state index contributed by atoms with van der Waals surface area (Å²) in [4.78, 5) is 4.91. The second kappa shape index (κ2) is 9.66. The van der Waals surface area contributed by atoms with Crippen LogP contribution in [0.15, 0.2) is 146 Å². The summed E-state index contributed by atoms with van der Waals surface area (Å²) in [7, 11) is 0. The molecule has 5 aromatic carbocycles. The van der Waals surface area contributed by atoms with Gasteiger partial charge in [0.15, 0.2) is 0 Å². The van der Waals surface area contributed by atoms with Gasteiger partial charge in [-0.3, -0.25) is 4.98 Å². The third-order valence-corrected chi connectivity index (χ3v) is 11.6. The molecule has 0 saturated heterocycles. The second-order valence-electron chi connectivity index (χ2n) is 8.76. The van der Waals surface area contributed by atoms with E-state index in [0.717, 1.165) is 27.8 Å². The van der Waals surface area contributed by atoms with Crippen LogP contribution >= 0.6 is 6.04 Å². The van der Waals surface area contributed by atoms with Gasteiger partial charge >= 0.3 is 0 Å². The molecule has 1 aromatic heterocycles. The molecule has 0 unspecified atom stereocenters. The van der Waals surface area contributed by atoms with Crippen molar-refractivity contribution in [1.29, 1.82) is 0 Å². The molecule has 6 rings (SSSR count). The molecule has 3 heteroatoms. The topological polar surface area (TPSA) is 12.9 Å². The third-order valence-electron chi connectivity index (χ3n) is 6.62. The fourth-order valence-corrected chi connectivity index (χ4v) is 8.57. The number of hydrogen-bond donors (Lipinski definition) is 0. The van der Waals surface area contributed by atoms with E-state index in [4.69, 9.17) is 16.8 Å². The predicted octanol–water partition coefficient (Wildman–Crippen LogP) is 7.32. The molecule has 0 spiro atoms. The van der Waals surface area contributed by atoms with E-state index in [9.17, 15) is 0 Å². The molecule has 0 saturated carbocycles. The lowest BCUT2D eigenvalue weighted by atomic mass is 9.97. The molecule has 0 aliphatic heterocycles. The lowest BCUT2D eigenvalue weighted by Crippen LogP contribution is -2.24. The smallest absolute Gasteiger partial charge is 0.0780 e. The van der Waals surface area contributed by atoms with E-state index in [-0.39, 0.29) is 0 Å². The van der Waals surface area contributed by atoms with Gasteiger partial charge in [0.05, 0.1) is 5.69 Å². The largest absolute Gasteiger partial charge is 0.255 e. The van der Waals surface area contributed by atoms with Crippen molar-refractivity contribution in [2.75, 3.05) is 0 Å². The average Bonchev–Trinajstić information content (AvgIpc) is 2.97. The molecule has 6 aromatic rings.